The van der Waals surface area contributed by atoms with Crippen molar-refractivity contribution in [3.05, 3.63) is 36.2 Å². The van der Waals surface area contributed by atoms with Crippen LogP contribution >= 0.6 is 0 Å². The maximum atomic E-state index is 11.8. The molecule has 18 heavy (non-hydrogen) atoms. The van der Waals surface area contributed by atoms with Crippen LogP contribution < -0.4 is 5.32 Å². The van der Waals surface area contributed by atoms with Crippen LogP contribution in [0.2, 0.25) is 0 Å². The summed E-state index contributed by atoms with van der Waals surface area (Å²) in [5.41, 5.74) is 0.521. The molecule has 94 valence electrons. The highest BCUT2D eigenvalue weighted by Crippen LogP contribution is 2.13. The first kappa shape index (κ1) is 11.9. The van der Waals surface area contributed by atoms with Crippen molar-refractivity contribution in [2.24, 2.45) is 14.1 Å². The van der Waals surface area contributed by atoms with E-state index >= 15 is 0 Å². The normalized spacial score (nSPS) is 10.3. The number of nitrogens with zero attached hydrogens (tertiary/aromatic N) is 3. The molecule has 1 amide bonds. The molecule has 0 aliphatic carbocycles. The second-order valence-electron chi connectivity index (χ2n) is 3.85. The lowest BCUT2D eigenvalue weighted by atomic mass is 10.4. The van der Waals surface area contributed by atoms with E-state index < -0.39 is 5.97 Å². The number of aryl methyl sites for hydroxylation is 2. The number of carboxylic acid groups (broad SMARTS) is 1. The number of carbonyl (C=O) groups is 2. The van der Waals surface area contributed by atoms with Gasteiger partial charge in [0.15, 0.2) is 5.82 Å². The maximum Gasteiger partial charge on any atom is 0.352 e. The van der Waals surface area contributed by atoms with Crippen molar-refractivity contribution in [3.63, 3.8) is 0 Å². The fourth-order valence-electron chi connectivity index (χ4n) is 1.62. The summed E-state index contributed by atoms with van der Waals surface area (Å²) in [6.45, 7) is 0. The zero-order valence-corrected chi connectivity index (χ0v) is 9.91. The lowest BCUT2D eigenvalue weighted by Crippen LogP contribution is -2.16. The molecule has 0 aliphatic heterocycles. The Morgan fingerprint density at radius 2 is 2.06 bits per heavy atom. The SMILES string of the molecule is Cn1cc(NC(=O)c2nccn2C)cc1C(=O)O. The summed E-state index contributed by atoms with van der Waals surface area (Å²) in [6.07, 6.45) is 4.70. The molecular formula is C11H12N4O3. The topological polar surface area (TPSA) is 89.2 Å². The standard InChI is InChI=1S/C11H12N4O3/c1-14-4-3-12-9(14)10(16)13-7-5-8(11(17)18)15(2)6-7/h3-6H,1-2H3,(H,13,16)(H,17,18). The van der Waals surface area contributed by atoms with Crippen molar-refractivity contribution in [1.29, 1.82) is 0 Å². The summed E-state index contributed by atoms with van der Waals surface area (Å²) in [5.74, 6) is -1.17. The third-order valence-corrected chi connectivity index (χ3v) is 2.51. The first-order chi connectivity index (χ1) is 8.49. The zero-order valence-electron chi connectivity index (χ0n) is 9.91. The Balaban J connectivity index is 2.20. The number of nitrogens with one attached hydrogen (secondary N) is 1. The molecule has 0 aromatic carbocycles. The first-order valence-corrected chi connectivity index (χ1v) is 5.17. The molecule has 0 aliphatic rings. The quantitative estimate of drug-likeness (QED) is 0.837. The molecule has 2 N–H and O–H groups in total. The second kappa shape index (κ2) is 4.36. The van der Waals surface area contributed by atoms with Crippen LogP contribution in [0.4, 0.5) is 5.69 Å². The van der Waals surface area contributed by atoms with E-state index in [2.05, 4.69) is 10.3 Å². The monoisotopic (exact) mass is 248 g/mol. The third kappa shape index (κ3) is 2.10. The van der Waals surface area contributed by atoms with Gasteiger partial charge in [0, 0.05) is 32.7 Å². The van der Waals surface area contributed by atoms with Gasteiger partial charge >= 0.3 is 5.97 Å². The fraction of sp³-hybridized carbons (Fsp3) is 0.182. The minimum absolute atomic E-state index is 0.102. The van der Waals surface area contributed by atoms with Crippen LogP contribution in [-0.2, 0) is 14.1 Å². The molecule has 0 fully saturated rings. The van der Waals surface area contributed by atoms with E-state index in [-0.39, 0.29) is 17.4 Å². The highest BCUT2D eigenvalue weighted by atomic mass is 16.4. The number of hydrogen-bond acceptors (Lipinski definition) is 3. The number of hydrogen-bond donors (Lipinski definition) is 2. The van der Waals surface area contributed by atoms with Gasteiger partial charge in [0.2, 0.25) is 0 Å². The molecule has 0 saturated carbocycles. The van der Waals surface area contributed by atoms with Crippen molar-refractivity contribution in [2.45, 2.75) is 0 Å². The number of aromatic nitrogens is 3. The van der Waals surface area contributed by atoms with Gasteiger partial charge in [-0.15, -0.1) is 0 Å². The number of imidazole rings is 1. The number of carboxylic acids is 1. The lowest BCUT2D eigenvalue weighted by Gasteiger charge is -2.01. The Hall–Kier alpha value is -2.57. The molecule has 0 unspecified atom stereocenters. The van der Waals surface area contributed by atoms with E-state index in [1.54, 1.807) is 24.9 Å². The van der Waals surface area contributed by atoms with Crippen molar-refractivity contribution < 1.29 is 14.7 Å². The van der Waals surface area contributed by atoms with Gasteiger partial charge in [-0.3, -0.25) is 4.79 Å². The van der Waals surface area contributed by atoms with Crippen LogP contribution in [0.15, 0.2) is 24.7 Å². The van der Waals surface area contributed by atoms with E-state index in [1.165, 1.54) is 23.0 Å². The molecule has 0 atom stereocenters. The molecule has 2 heterocycles. The van der Waals surface area contributed by atoms with Crippen molar-refractivity contribution in [1.82, 2.24) is 14.1 Å². The molecule has 0 radical (unpaired) electrons. The molecule has 0 saturated heterocycles. The predicted molar refractivity (Wildman–Crippen MR) is 63.5 cm³/mol. The van der Waals surface area contributed by atoms with Crippen molar-refractivity contribution in [2.75, 3.05) is 5.32 Å². The minimum atomic E-state index is -1.05. The number of anilines is 1. The van der Waals surface area contributed by atoms with Gasteiger partial charge in [-0.05, 0) is 6.07 Å². The van der Waals surface area contributed by atoms with Gasteiger partial charge < -0.3 is 19.6 Å². The Bertz CT molecular complexity index is 612. The average molecular weight is 248 g/mol. The third-order valence-electron chi connectivity index (χ3n) is 2.51. The van der Waals surface area contributed by atoms with Gasteiger partial charge in [-0.25, -0.2) is 9.78 Å². The molecule has 0 bridgehead atoms. The molecule has 2 aromatic heterocycles. The summed E-state index contributed by atoms with van der Waals surface area (Å²) in [6, 6.07) is 1.39. The van der Waals surface area contributed by atoms with Crippen LogP contribution in [0.5, 0.6) is 0 Å². The predicted octanol–water partition coefficient (Wildman–Crippen LogP) is 0.709. The Kier molecular flexibility index (Phi) is 2.88. The zero-order chi connectivity index (χ0) is 13.3. The molecule has 2 rings (SSSR count). The molecule has 7 heteroatoms. The maximum absolute atomic E-state index is 11.8. The average Bonchev–Trinajstić information content (AvgIpc) is 2.84. The van der Waals surface area contributed by atoms with Crippen LogP contribution in [0.1, 0.15) is 21.1 Å². The van der Waals surface area contributed by atoms with E-state index in [4.69, 9.17) is 5.11 Å². The van der Waals surface area contributed by atoms with E-state index in [1.807, 2.05) is 0 Å². The summed E-state index contributed by atoms with van der Waals surface area (Å²) in [4.78, 5) is 26.6. The number of rotatable bonds is 3. The highest BCUT2D eigenvalue weighted by Gasteiger charge is 2.14. The molecule has 0 spiro atoms. The number of aromatic carboxylic acids is 1. The minimum Gasteiger partial charge on any atom is -0.477 e. The highest BCUT2D eigenvalue weighted by molar-refractivity contribution is 6.02. The van der Waals surface area contributed by atoms with Crippen LogP contribution in [-0.4, -0.2) is 31.1 Å². The molecule has 7 nitrogen and oxygen atoms in total. The fourth-order valence-corrected chi connectivity index (χ4v) is 1.62. The summed E-state index contributed by atoms with van der Waals surface area (Å²) in [5, 5.41) is 11.5. The van der Waals surface area contributed by atoms with Crippen LogP contribution in [0, 0.1) is 0 Å². The van der Waals surface area contributed by atoms with Crippen molar-refractivity contribution in [3.8, 4) is 0 Å². The van der Waals surface area contributed by atoms with Gasteiger partial charge in [-0.1, -0.05) is 0 Å². The summed E-state index contributed by atoms with van der Waals surface area (Å²) in [7, 11) is 3.30. The summed E-state index contributed by atoms with van der Waals surface area (Å²) < 4.78 is 3.01. The van der Waals surface area contributed by atoms with Crippen LogP contribution in [0.25, 0.3) is 0 Å². The van der Waals surface area contributed by atoms with E-state index in [9.17, 15) is 9.59 Å². The second-order valence-corrected chi connectivity index (χ2v) is 3.85. The molecule has 2 aromatic rings. The number of amides is 1. The van der Waals surface area contributed by atoms with E-state index in [0.29, 0.717) is 5.69 Å². The summed E-state index contributed by atoms with van der Waals surface area (Å²) >= 11 is 0. The first-order valence-electron chi connectivity index (χ1n) is 5.17. The lowest BCUT2D eigenvalue weighted by molar-refractivity contribution is 0.0686. The van der Waals surface area contributed by atoms with Crippen LogP contribution in [0.3, 0.4) is 0 Å². The Morgan fingerprint density at radius 3 is 2.56 bits per heavy atom. The smallest absolute Gasteiger partial charge is 0.352 e. The van der Waals surface area contributed by atoms with Gasteiger partial charge in [-0.2, -0.15) is 0 Å². The van der Waals surface area contributed by atoms with E-state index in [0.717, 1.165) is 0 Å². The largest absolute Gasteiger partial charge is 0.477 e. The van der Waals surface area contributed by atoms with Gasteiger partial charge in [0.1, 0.15) is 5.69 Å². The van der Waals surface area contributed by atoms with Crippen molar-refractivity contribution >= 4 is 17.6 Å². The van der Waals surface area contributed by atoms with Gasteiger partial charge in [0.25, 0.3) is 5.91 Å². The Morgan fingerprint density at radius 1 is 1.33 bits per heavy atom. The Labute approximate surface area is 103 Å². The number of carbonyl (C=O) groups excluding carboxylic acids is 1. The molecular weight excluding hydrogens is 236 g/mol. The van der Waals surface area contributed by atoms with Gasteiger partial charge in [0.05, 0.1) is 5.69 Å².